The van der Waals surface area contributed by atoms with E-state index in [2.05, 4.69) is 10.3 Å². The van der Waals surface area contributed by atoms with Crippen molar-refractivity contribution < 1.29 is 4.79 Å². The Balaban J connectivity index is 1.50. The molecule has 0 fully saturated rings. The van der Waals surface area contributed by atoms with Gasteiger partial charge in [0.25, 0.3) is 5.56 Å². The highest BCUT2D eigenvalue weighted by atomic mass is 35.5. The van der Waals surface area contributed by atoms with Crippen LogP contribution in [0.25, 0.3) is 20.7 Å². The van der Waals surface area contributed by atoms with E-state index in [-0.39, 0.29) is 18.0 Å². The van der Waals surface area contributed by atoms with Gasteiger partial charge in [-0.3, -0.25) is 14.2 Å². The van der Waals surface area contributed by atoms with Gasteiger partial charge in [-0.15, -0.1) is 11.3 Å². The number of hydrogen-bond donors (Lipinski definition) is 1. The van der Waals surface area contributed by atoms with Crippen LogP contribution in [0.3, 0.4) is 0 Å². The quantitative estimate of drug-likeness (QED) is 0.539. The van der Waals surface area contributed by atoms with Gasteiger partial charge < -0.3 is 5.32 Å². The summed E-state index contributed by atoms with van der Waals surface area (Å²) in [4.78, 5) is 31.0. The Morgan fingerprint density at radius 1 is 1.11 bits per heavy atom. The van der Waals surface area contributed by atoms with Crippen molar-refractivity contribution in [1.82, 2.24) is 14.9 Å². The number of carbonyl (C=O) groups excluding carboxylic acids is 1. The number of fused-ring (bicyclic) bond motifs is 1. The summed E-state index contributed by atoms with van der Waals surface area (Å²) < 4.78 is 1.33. The van der Waals surface area contributed by atoms with Crippen molar-refractivity contribution in [3.63, 3.8) is 0 Å². The molecule has 1 amide bonds. The first-order valence-corrected chi connectivity index (χ1v) is 9.85. The predicted octanol–water partition coefficient (Wildman–Crippen LogP) is 4.09. The number of nitrogens with zero attached hydrogens (tertiary/aromatic N) is 2. The summed E-state index contributed by atoms with van der Waals surface area (Å²) >= 11 is 7.32. The number of carbonyl (C=O) groups is 1. The molecule has 5 nitrogen and oxygen atoms in total. The highest BCUT2D eigenvalue weighted by Gasteiger charge is 2.12. The van der Waals surface area contributed by atoms with E-state index in [9.17, 15) is 9.59 Å². The Morgan fingerprint density at radius 3 is 2.61 bits per heavy atom. The first kappa shape index (κ1) is 18.4. The number of halogens is 1. The third-order valence-corrected chi connectivity index (χ3v) is 5.64. The SMILES string of the molecule is O=C(Cn1cnc2sc(-c3ccccc3)cc2c1=O)NCc1ccc(Cl)cc1. The Labute approximate surface area is 170 Å². The molecule has 1 N–H and O–H groups in total. The van der Waals surface area contributed by atoms with Crippen LogP contribution < -0.4 is 10.9 Å². The standard InChI is InChI=1S/C21H16ClN3O2S/c22-16-8-6-14(7-9-16)11-23-19(26)12-25-13-24-20-17(21(25)27)10-18(28-20)15-4-2-1-3-5-15/h1-10,13H,11-12H2,(H,23,26). The Morgan fingerprint density at radius 2 is 1.86 bits per heavy atom. The molecule has 4 aromatic rings. The van der Waals surface area contributed by atoms with E-state index in [1.54, 1.807) is 12.1 Å². The molecule has 0 bridgehead atoms. The Bertz CT molecular complexity index is 1180. The minimum atomic E-state index is -0.253. The second-order valence-electron chi connectivity index (χ2n) is 6.28. The van der Waals surface area contributed by atoms with E-state index in [4.69, 9.17) is 11.6 Å². The van der Waals surface area contributed by atoms with Crippen LogP contribution in [-0.4, -0.2) is 15.5 Å². The zero-order chi connectivity index (χ0) is 19.5. The molecule has 2 heterocycles. The molecule has 0 atom stereocenters. The van der Waals surface area contributed by atoms with Crippen LogP contribution in [0.4, 0.5) is 0 Å². The highest BCUT2D eigenvalue weighted by Crippen LogP contribution is 2.30. The van der Waals surface area contributed by atoms with Crippen LogP contribution in [0.5, 0.6) is 0 Å². The lowest BCUT2D eigenvalue weighted by Crippen LogP contribution is -2.32. The summed E-state index contributed by atoms with van der Waals surface area (Å²) in [5, 5.41) is 3.98. The van der Waals surface area contributed by atoms with E-state index < -0.39 is 0 Å². The molecule has 0 aliphatic heterocycles. The summed E-state index contributed by atoms with van der Waals surface area (Å²) in [5.41, 5.74) is 1.76. The molecule has 2 aromatic carbocycles. The average molecular weight is 410 g/mol. The molecule has 0 unspecified atom stereocenters. The number of rotatable bonds is 5. The van der Waals surface area contributed by atoms with E-state index in [1.807, 2.05) is 48.5 Å². The smallest absolute Gasteiger partial charge is 0.262 e. The number of nitrogens with one attached hydrogen (secondary N) is 1. The van der Waals surface area contributed by atoms with Crippen molar-refractivity contribution in [3.05, 3.63) is 87.9 Å². The molecule has 7 heteroatoms. The summed E-state index contributed by atoms with van der Waals surface area (Å²) in [7, 11) is 0. The van der Waals surface area contributed by atoms with Crippen LogP contribution in [0.15, 0.2) is 71.8 Å². The maximum atomic E-state index is 12.8. The third-order valence-electron chi connectivity index (χ3n) is 4.29. The number of aromatic nitrogens is 2. The fourth-order valence-electron chi connectivity index (χ4n) is 2.83. The van der Waals surface area contributed by atoms with E-state index in [0.29, 0.717) is 21.8 Å². The van der Waals surface area contributed by atoms with Gasteiger partial charge in [0.05, 0.1) is 11.7 Å². The van der Waals surface area contributed by atoms with Crippen molar-refractivity contribution >= 4 is 39.1 Å². The van der Waals surface area contributed by atoms with Gasteiger partial charge in [-0.05, 0) is 29.3 Å². The molecule has 0 saturated heterocycles. The van der Waals surface area contributed by atoms with Gasteiger partial charge in [-0.2, -0.15) is 0 Å². The number of benzene rings is 2. The molecule has 0 aliphatic rings. The van der Waals surface area contributed by atoms with E-state index in [1.165, 1.54) is 22.2 Å². The molecule has 0 aliphatic carbocycles. The van der Waals surface area contributed by atoms with Crippen LogP contribution in [0.1, 0.15) is 5.56 Å². The molecule has 0 saturated carbocycles. The van der Waals surface area contributed by atoms with Crippen LogP contribution >= 0.6 is 22.9 Å². The monoisotopic (exact) mass is 409 g/mol. The normalized spacial score (nSPS) is 10.9. The topological polar surface area (TPSA) is 64.0 Å². The van der Waals surface area contributed by atoms with Gasteiger partial charge in [0.1, 0.15) is 11.4 Å². The number of amides is 1. The summed E-state index contributed by atoms with van der Waals surface area (Å²) in [6.45, 7) is 0.295. The fourth-order valence-corrected chi connectivity index (χ4v) is 3.95. The highest BCUT2D eigenvalue weighted by molar-refractivity contribution is 7.21. The van der Waals surface area contributed by atoms with Crippen molar-refractivity contribution in [1.29, 1.82) is 0 Å². The van der Waals surface area contributed by atoms with Crippen molar-refractivity contribution in [2.45, 2.75) is 13.1 Å². The maximum Gasteiger partial charge on any atom is 0.262 e. The summed E-state index contributed by atoms with van der Waals surface area (Å²) in [6.07, 6.45) is 1.43. The van der Waals surface area contributed by atoms with Crippen LogP contribution in [0, 0.1) is 0 Å². The second kappa shape index (κ2) is 7.96. The van der Waals surface area contributed by atoms with E-state index >= 15 is 0 Å². The zero-order valence-corrected chi connectivity index (χ0v) is 16.3. The third kappa shape index (κ3) is 3.98. The van der Waals surface area contributed by atoms with Crippen molar-refractivity contribution in [2.75, 3.05) is 0 Å². The van der Waals surface area contributed by atoms with Gasteiger partial charge in [0.15, 0.2) is 0 Å². The average Bonchev–Trinajstić information content (AvgIpc) is 3.16. The molecule has 0 radical (unpaired) electrons. The van der Waals surface area contributed by atoms with Gasteiger partial charge >= 0.3 is 0 Å². The van der Waals surface area contributed by atoms with E-state index in [0.717, 1.165) is 16.0 Å². The number of thiophene rings is 1. The molecule has 140 valence electrons. The van der Waals surface area contributed by atoms with Crippen LogP contribution in [-0.2, 0) is 17.9 Å². The Kier molecular flexibility index (Phi) is 5.23. The molecule has 28 heavy (non-hydrogen) atoms. The molecule has 2 aromatic heterocycles. The second-order valence-corrected chi connectivity index (χ2v) is 7.74. The lowest BCUT2D eigenvalue weighted by Gasteiger charge is -2.07. The minimum Gasteiger partial charge on any atom is -0.350 e. The minimum absolute atomic E-state index is 0.0775. The Hall–Kier alpha value is -2.96. The van der Waals surface area contributed by atoms with Gasteiger partial charge in [0.2, 0.25) is 5.91 Å². The molecular weight excluding hydrogens is 394 g/mol. The van der Waals surface area contributed by atoms with Gasteiger partial charge in [0, 0.05) is 16.4 Å². The lowest BCUT2D eigenvalue weighted by molar-refractivity contribution is -0.121. The number of hydrogen-bond acceptors (Lipinski definition) is 4. The lowest BCUT2D eigenvalue weighted by atomic mass is 10.2. The van der Waals surface area contributed by atoms with Gasteiger partial charge in [-0.25, -0.2) is 4.98 Å². The van der Waals surface area contributed by atoms with Crippen molar-refractivity contribution in [3.8, 4) is 10.4 Å². The predicted molar refractivity (Wildman–Crippen MR) is 113 cm³/mol. The van der Waals surface area contributed by atoms with Crippen LogP contribution in [0.2, 0.25) is 5.02 Å². The molecule has 4 rings (SSSR count). The maximum absolute atomic E-state index is 12.8. The van der Waals surface area contributed by atoms with Gasteiger partial charge in [-0.1, -0.05) is 54.1 Å². The largest absolute Gasteiger partial charge is 0.350 e. The zero-order valence-electron chi connectivity index (χ0n) is 14.8. The first-order valence-electron chi connectivity index (χ1n) is 8.66. The molecule has 0 spiro atoms. The fraction of sp³-hybridized carbons (Fsp3) is 0.0952. The summed E-state index contributed by atoms with van der Waals surface area (Å²) in [6, 6.07) is 18.9. The van der Waals surface area contributed by atoms with Crippen molar-refractivity contribution in [2.24, 2.45) is 0 Å². The molecular formula is C21H16ClN3O2S. The first-order chi connectivity index (χ1) is 13.6. The summed E-state index contributed by atoms with van der Waals surface area (Å²) in [5.74, 6) is -0.253.